The lowest BCUT2D eigenvalue weighted by molar-refractivity contribution is -0.0803. The molecule has 0 bridgehead atoms. The molecule has 23 heavy (non-hydrogen) atoms. The molecule has 3 aliphatic rings. The van der Waals surface area contributed by atoms with Gasteiger partial charge in [-0.05, 0) is 62.7 Å². The third-order valence-corrected chi connectivity index (χ3v) is 8.23. The molecule has 0 aromatic heterocycles. The quantitative estimate of drug-likeness (QED) is 0.322. The Balaban J connectivity index is 1.97. The zero-order valence-corrected chi connectivity index (χ0v) is 17.4. The van der Waals surface area contributed by atoms with Gasteiger partial charge in [-0.1, -0.05) is 73.6 Å². The molecule has 0 heterocycles. The van der Waals surface area contributed by atoms with Crippen LogP contribution in [0.4, 0.5) is 0 Å². The van der Waals surface area contributed by atoms with Gasteiger partial charge in [-0.25, -0.2) is 0 Å². The largest absolute Gasteiger partial charge is 0.388 e. The van der Waals surface area contributed by atoms with E-state index in [4.69, 9.17) is 0 Å². The van der Waals surface area contributed by atoms with Crippen molar-refractivity contribution in [2.45, 2.75) is 82.2 Å². The molecule has 2 saturated carbocycles. The number of hydrogen-bond donors (Lipinski definition) is 1. The SMILES string of the molecule is C/C=C/C(O)[C@]1(C)CCC[C@@]2(C)C3=CC[C@](C)(I)CC3CCC12. The van der Waals surface area contributed by atoms with E-state index in [1.54, 1.807) is 5.57 Å². The summed E-state index contributed by atoms with van der Waals surface area (Å²) in [5.74, 6) is 1.41. The van der Waals surface area contributed by atoms with E-state index in [0.717, 1.165) is 5.92 Å². The second-order valence-electron chi connectivity index (χ2n) is 9.06. The third-order valence-electron chi connectivity index (χ3n) is 7.35. The summed E-state index contributed by atoms with van der Waals surface area (Å²) in [5, 5.41) is 10.9. The molecule has 130 valence electrons. The zero-order valence-electron chi connectivity index (χ0n) is 15.2. The summed E-state index contributed by atoms with van der Waals surface area (Å²) in [5.41, 5.74) is 2.10. The first-order valence-electron chi connectivity index (χ1n) is 9.43. The monoisotopic (exact) mass is 428 g/mol. The Morgan fingerprint density at radius 1 is 1.26 bits per heavy atom. The molecule has 2 heteroatoms. The first-order valence-corrected chi connectivity index (χ1v) is 10.5. The van der Waals surface area contributed by atoms with Crippen LogP contribution < -0.4 is 0 Å². The van der Waals surface area contributed by atoms with E-state index in [0.29, 0.717) is 14.8 Å². The molecule has 0 saturated heterocycles. The van der Waals surface area contributed by atoms with Crippen LogP contribution in [0.3, 0.4) is 0 Å². The third kappa shape index (κ3) is 2.96. The lowest BCUT2D eigenvalue weighted by Crippen LogP contribution is -2.53. The summed E-state index contributed by atoms with van der Waals surface area (Å²) in [6, 6.07) is 0. The summed E-state index contributed by atoms with van der Waals surface area (Å²) >= 11 is 2.67. The minimum atomic E-state index is -0.298. The van der Waals surface area contributed by atoms with Crippen LogP contribution in [0.15, 0.2) is 23.8 Å². The molecule has 0 radical (unpaired) electrons. The smallest absolute Gasteiger partial charge is 0.0777 e. The van der Waals surface area contributed by atoms with Crippen molar-refractivity contribution < 1.29 is 5.11 Å². The molecule has 0 aliphatic heterocycles. The standard InChI is InChI=1S/C21H33IO/c1-5-7-18(23)21(4)12-6-11-20(3)16-10-13-19(2,22)14-15(16)8-9-17(20)21/h5,7,10,15,17-18,23H,6,8-9,11-14H2,1-4H3/b7-5+/t15?,17?,18?,19-,20-,21+/m0/s1. The predicted octanol–water partition coefficient (Wildman–Crippen LogP) is 6.06. The van der Waals surface area contributed by atoms with Crippen molar-refractivity contribution in [2.75, 3.05) is 0 Å². The number of halogens is 1. The van der Waals surface area contributed by atoms with Crippen molar-refractivity contribution in [1.82, 2.24) is 0 Å². The van der Waals surface area contributed by atoms with Gasteiger partial charge in [0, 0.05) is 8.84 Å². The Morgan fingerprint density at radius 3 is 2.70 bits per heavy atom. The lowest BCUT2D eigenvalue weighted by atomic mass is 9.45. The summed E-state index contributed by atoms with van der Waals surface area (Å²) in [6.45, 7) is 9.31. The van der Waals surface area contributed by atoms with Crippen LogP contribution in [-0.4, -0.2) is 14.6 Å². The number of allylic oxidation sites excluding steroid dienone is 3. The molecule has 1 nitrogen and oxygen atoms in total. The first kappa shape index (κ1) is 18.0. The maximum Gasteiger partial charge on any atom is 0.0777 e. The Bertz CT molecular complexity index is 520. The molecule has 0 aromatic carbocycles. The topological polar surface area (TPSA) is 20.2 Å². The number of fused-ring (bicyclic) bond motifs is 3. The van der Waals surface area contributed by atoms with Gasteiger partial charge in [0.2, 0.25) is 0 Å². The second kappa shape index (κ2) is 6.16. The molecule has 0 aromatic rings. The average molecular weight is 428 g/mol. The number of rotatable bonds is 2. The molecule has 3 rings (SSSR count). The zero-order chi connectivity index (χ0) is 16.9. The van der Waals surface area contributed by atoms with Crippen LogP contribution in [-0.2, 0) is 0 Å². The van der Waals surface area contributed by atoms with Crippen molar-refractivity contribution in [3.8, 4) is 0 Å². The van der Waals surface area contributed by atoms with Gasteiger partial charge >= 0.3 is 0 Å². The van der Waals surface area contributed by atoms with Crippen molar-refractivity contribution in [3.05, 3.63) is 23.8 Å². The molecular weight excluding hydrogens is 395 g/mol. The Kier molecular flexibility index (Phi) is 4.81. The Hall–Kier alpha value is 0.170. The average Bonchev–Trinajstić information content (AvgIpc) is 2.45. The fourth-order valence-electron chi connectivity index (χ4n) is 6.18. The number of aliphatic hydroxyl groups excluding tert-OH is 1. The minimum absolute atomic E-state index is 0.0381. The van der Waals surface area contributed by atoms with Crippen LogP contribution in [0.1, 0.15) is 72.6 Å². The summed E-state index contributed by atoms with van der Waals surface area (Å²) in [4.78, 5) is 0. The van der Waals surface area contributed by atoms with Gasteiger partial charge in [0.05, 0.1) is 6.10 Å². The van der Waals surface area contributed by atoms with Gasteiger partial charge in [-0.3, -0.25) is 0 Å². The van der Waals surface area contributed by atoms with Crippen molar-refractivity contribution >= 4 is 22.6 Å². The van der Waals surface area contributed by atoms with Crippen LogP contribution in [0.25, 0.3) is 0 Å². The van der Waals surface area contributed by atoms with Crippen molar-refractivity contribution in [1.29, 1.82) is 0 Å². The van der Waals surface area contributed by atoms with Gasteiger partial charge in [0.25, 0.3) is 0 Å². The highest BCUT2D eigenvalue weighted by molar-refractivity contribution is 14.1. The second-order valence-corrected chi connectivity index (χ2v) is 11.7. The van der Waals surface area contributed by atoms with Crippen molar-refractivity contribution in [2.24, 2.45) is 22.7 Å². The Morgan fingerprint density at radius 2 is 2.00 bits per heavy atom. The van der Waals surface area contributed by atoms with Gasteiger partial charge in [0.1, 0.15) is 0 Å². The van der Waals surface area contributed by atoms with Gasteiger partial charge in [0.15, 0.2) is 0 Å². The van der Waals surface area contributed by atoms with Gasteiger partial charge < -0.3 is 5.11 Å². The van der Waals surface area contributed by atoms with E-state index < -0.39 is 0 Å². The highest BCUT2D eigenvalue weighted by atomic mass is 127. The number of hydrogen-bond acceptors (Lipinski definition) is 1. The highest BCUT2D eigenvalue weighted by Gasteiger charge is 2.56. The molecule has 6 atom stereocenters. The fourth-order valence-corrected chi connectivity index (χ4v) is 6.94. The first-order chi connectivity index (χ1) is 10.7. The van der Waals surface area contributed by atoms with Crippen LogP contribution >= 0.6 is 22.6 Å². The maximum absolute atomic E-state index is 10.9. The normalized spacial score (nSPS) is 48.5. The van der Waals surface area contributed by atoms with E-state index in [-0.39, 0.29) is 11.5 Å². The Labute approximate surface area is 156 Å². The molecule has 3 aliphatic carbocycles. The number of alkyl halides is 1. The molecule has 0 amide bonds. The number of aliphatic hydroxyl groups is 1. The fraction of sp³-hybridized carbons (Fsp3) is 0.810. The molecule has 1 N–H and O–H groups in total. The van der Waals surface area contributed by atoms with Gasteiger partial charge in [-0.2, -0.15) is 0 Å². The van der Waals surface area contributed by atoms with E-state index >= 15 is 0 Å². The van der Waals surface area contributed by atoms with Gasteiger partial charge in [-0.15, -0.1) is 0 Å². The summed E-state index contributed by atoms with van der Waals surface area (Å²) in [7, 11) is 0. The minimum Gasteiger partial charge on any atom is -0.388 e. The maximum atomic E-state index is 10.9. The van der Waals surface area contributed by atoms with Crippen LogP contribution in [0.2, 0.25) is 0 Å². The van der Waals surface area contributed by atoms with Crippen LogP contribution in [0.5, 0.6) is 0 Å². The van der Waals surface area contributed by atoms with E-state index in [2.05, 4.69) is 49.4 Å². The van der Waals surface area contributed by atoms with E-state index in [9.17, 15) is 5.11 Å². The lowest BCUT2D eigenvalue weighted by Gasteiger charge is -2.60. The summed E-state index contributed by atoms with van der Waals surface area (Å²) < 4.78 is 0.442. The molecular formula is C21H33IO. The molecule has 0 spiro atoms. The van der Waals surface area contributed by atoms with Crippen LogP contribution in [0, 0.1) is 22.7 Å². The summed E-state index contributed by atoms with van der Waals surface area (Å²) in [6.07, 6.45) is 15.3. The van der Waals surface area contributed by atoms with Crippen molar-refractivity contribution in [3.63, 3.8) is 0 Å². The molecule has 3 unspecified atom stereocenters. The highest BCUT2D eigenvalue weighted by Crippen LogP contribution is 2.64. The predicted molar refractivity (Wildman–Crippen MR) is 107 cm³/mol. The van der Waals surface area contributed by atoms with E-state index in [1.807, 2.05) is 19.1 Å². The molecule has 2 fully saturated rings. The van der Waals surface area contributed by atoms with E-state index in [1.165, 1.54) is 44.9 Å².